The van der Waals surface area contributed by atoms with E-state index < -0.39 is 11.7 Å². The fraction of sp³-hybridized carbons (Fsp3) is 0.143. The summed E-state index contributed by atoms with van der Waals surface area (Å²) in [4.78, 5) is 24.8. The summed E-state index contributed by atoms with van der Waals surface area (Å²) >= 11 is 5.89. The Kier molecular flexibility index (Phi) is 7.65. The Morgan fingerprint density at radius 1 is 1.12 bits per heavy atom. The van der Waals surface area contributed by atoms with Crippen molar-refractivity contribution in [3.05, 3.63) is 75.2 Å². The molecule has 0 aliphatic rings. The first kappa shape index (κ1) is 24.0. The van der Waals surface area contributed by atoms with Crippen molar-refractivity contribution in [3.8, 4) is 5.69 Å². The molecule has 0 saturated heterocycles. The van der Waals surface area contributed by atoms with Gasteiger partial charge in [-0.05, 0) is 49.4 Å². The third-order valence-electron chi connectivity index (χ3n) is 4.38. The predicted octanol–water partition coefficient (Wildman–Crippen LogP) is 3.99. The van der Waals surface area contributed by atoms with Crippen LogP contribution in [0, 0.1) is 12.7 Å². The summed E-state index contributed by atoms with van der Waals surface area (Å²) < 4.78 is 16.1. The summed E-state index contributed by atoms with van der Waals surface area (Å²) in [5.74, 6) is -0.664. The molecule has 4 aromatic rings. The zero-order valence-corrected chi connectivity index (χ0v) is 20.9. The molecule has 0 unspecified atom stereocenters. The Labute approximate surface area is 210 Å². The first-order valence-electron chi connectivity index (χ1n) is 9.86. The predicted molar refractivity (Wildman–Crippen MR) is 131 cm³/mol. The molecule has 0 saturated carbocycles. The number of aromatic nitrogens is 5. The maximum absolute atomic E-state index is 13.4. The molecule has 0 aliphatic heterocycles. The average Bonchev–Trinajstić information content (AvgIpc) is 3.42. The molecule has 2 aromatic carbocycles. The lowest BCUT2D eigenvalue weighted by atomic mass is 10.2. The molecule has 2 heterocycles. The Bertz CT molecular complexity index is 1330. The number of hydrogen-bond acceptors (Lipinski definition) is 8. The van der Waals surface area contributed by atoms with E-state index in [0.717, 1.165) is 21.2 Å². The fourth-order valence-corrected chi connectivity index (χ4v) is 4.52. The summed E-state index contributed by atoms with van der Waals surface area (Å²) in [6.07, 6.45) is 0. The third kappa shape index (κ3) is 6.04. The van der Waals surface area contributed by atoms with Crippen LogP contribution in [0.1, 0.15) is 21.2 Å². The zero-order chi connectivity index (χ0) is 24.1. The topological polar surface area (TPSA) is 115 Å². The van der Waals surface area contributed by atoms with Gasteiger partial charge in [-0.15, -0.1) is 20.4 Å². The number of anilines is 1. The Morgan fingerprint density at radius 2 is 1.91 bits per heavy atom. The van der Waals surface area contributed by atoms with E-state index >= 15 is 0 Å². The standard InChI is InChI=1S/C21H17BrFN7O2S2/c1-12-26-28-20(34-12)25-18(31)11-33-21-29-27-17(30(21)16-7-5-14(22)6-8-16)10-24-19(32)13-3-2-4-15(23)9-13/h2-9H,10-11H2,1H3,(H,24,32)(H,25,28,31). The number of benzene rings is 2. The summed E-state index contributed by atoms with van der Waals surface area (Å²) in [6, 6.07) is 12.9. The van der Waals surface area contributed by atoms with Gasteiger partial charge in [0, 0.05) is 15.7 Å². The largest absolute Gasteiger partial charge is 0.345 e. The molecule has 0 bridgehead atoms. The van der Waals surface area contributed by atoms with Crippen molar-refractivity contribution in [2.75, 3.05) is 11.1 Å². The molecule has 174 valence electrons. The number of nitrogens with one attached hydrogen (secondary N) is 2. The Hall–Kier alpha value is -3.16. The van der Waals surface area contributed by atoms with Crippen molar-refractivity contribution in [1.29, 1.82) is 0 Å². The molecule has 34 heavy (non-hydrogen) atoms. The van der Waals surface area contributed by atoms with Crippen molar-refractivity contribution in [2.45, 2.75) is 18.6 Å². The van der Waals surface area contributed by atoms with Crippen LogP contribution in [0.4, 0.5) is 9.52 Å². The molecule has 0 aliphatic carbocycles. The molecule has 0 spiro atoms. The van der Waals surface area contributed by atoms with Crippen molar-refractivity contribution in [3.63, 3.8) is 0 Å². The van der Waals surface area contributed by atoms with Crippen LogP contribution in [0.15, 0.2) is 58.2 Å². The highest BCUT2D eigenvalue weighted by atomic mass is 79.9. The van der Waals surface area contributed by atoms with Crippen LogP contribution in [0.25, 0.3) is 5.69 Å². The van der Waals surface area contributed by atoms with Crippen LogP contribution in [-0.4, -0.2) is 42.5 Å². The lowest BCUT2D eigenvalue weighted by Gasteiger charge is -2.11. The number of thioether (sulfide) groups is 1. The van der Waals surface area contributed by atoms with Crippen LogP contribution in [0.2, 0.25) is 0 Å². The minimum absolute atomic E-state index is 0.0508. The van der Waals surface area contributed by atoms with Crippen molar-refractivity contribution < 1.29 is 14.0 Å². The minimum atomic E-state index is -0.494. The lowest BCUT2D eigenvalue weighted by Crippen LogP contribution is -2.24. The molecule has 4 rings (SSSR count). The SMILES string of the molecule is Cc1nnc(NC(=O)CSc2nnc(CNC(=O)c3cccc(F)c3)n2-c2ccc(Br)cc2)s1. The van der Waals surface area contributed by atoms with Crippen molar-refractivity contribution in [2.24, 2.45) is 0 Å². The summed E-state index contributed by atoms with van der Waals surface area (Å²) in [5.41, 5.74) is 0.957. The van der Waals surface area contributed by atoms with Crippen molar-refractivity contribution >= 4 is 56.0 Å². The summed E-state index contributed by atoms with van der Waals surface area (Å²) in [7, 11) is 0. The van der Waals surface area contributed by atoms with Gasteiger partial charge in [0.1, 0.15) is 10.8 Å². The molecule has 13 heteroatoms. The van der Waals surface area contributed by atoms with Gasteiger partial charge in [0.05, 0.1) is 12.3 Å². The second-order valence-corrected chi connectivity index (χ2v) is 9.91. The number of nitrogens with zero attached hydrogens (tertiary/aromatic N) is 5. The van der Waals surface area contributed by atoms with E-state index in [9.17, 15) is 14.0 Å². The van der Waals surface area contributed by atoms with Gasteiger partial charge < -0.3 is 5.32 Å². The summed E-state index contributed by atoms with van der Waals surface area (Å²) in [5, 5.41) is 23.3. The third-order valence-corrected chi connectivity index (χ3v) is 6.60. The zero-order valence-electron chi connectivity index (χ0n) is 17.7. The van der Waals surface area contributed by atoms with Gasteiger partial charge in [0.2, 0.25) is 11.0 Å². The van der Waals surface area contributed by atoms with Gasteiger partial charge in [0.15, 0.2) is 11.0 Å². The highest BCUT2D eigenvalue weighted by Gasteiger charge is 2.18. The molecular weight excluding hydrogens is 545 g/mol. The molecule has 0 fully saturated rings. The monoisotopic (exact) mass is 561 g/mol. The maximum Gasteiger partial charge on any atom is 0.251 e. The highest BCUT2D eigenvalue weighted by molar-refractivity contribution is 9.10. The van der Waals surface area contributed by atoms with Gasteiger partial charge in [0.25, 0.3) is 5.91 Å². The summed E-state index contributed by atoms with van der Waals surface area (Å²) in [6.45, 7) is 1.85. The fourth-order valence-electron chi connectivity index (χ4n) is 2.88. The van der Waals surface area contributed by atoms with Gasteiger partial charge in [-0.3, -0.25) is 19.5 Å². The van der Waals surface area contributed by atoms with Gasteiger partial charge in [-0.25, -0.2) is 4.39 Å². The highest BCUT2D eigenvalue weighted by Crippen LogP contribution is 2.24. The first-order valence-corrected chi connectivity index (χ1v) is 12.5. The Morgan fingerprint density at radius 3 is 2.62 bits per heavy atom. The molecule has 0 atom stereocenters. The second kappa shape index (κ2) is 10.8. The number of carbonyl (C=O) groups excluding carboxylic acids is 2. The van der Waals surface area contributed by atoms with Crippen LogP contribution in [0.5, 0.6) is 0 Å². The van der Waals surface area contributed by atoms with E-state index in [1.165, 1.54) is 41.3 Å². The molecule has 2 amide bonds. The number of rotatable bonds is 8. The van der Waals surface area contributed by atoms with E-state index in [-0.39, 0.29) is 23.8 Å². The van der Waals surface area contributed by atoms with E-state index in [2.05, 4.69) is 47.0 Å². The van der Waals surface area contributed by atoms with Crippen molar-refractivity contribution in [1.82, 2.24) is 30.3 Å². The average molecular weight is 562 g/mol. The number of halogens is 2. The quantitative estimate of drug-likeness (QED) is 0.312. The lowest BCUT2D eigenvalue weighted by molar-refractivity contribution is -0.113. The van der Waals surface area contributed by atoms with E-state index in [1.54, 1.807) is 11.5 Å². The van der Waals surface area contributed by atoms with Gasteiger partial charge in [-0.2, -0.15) is 0 Å². The number of carbonyl (C=O) groups is 2. The van der Waals surface area contributed by atoms with Gasteiger partial charge >= 0.3 is 0 Å². The molecule has 2 N–H and O–H groups in total. The maximum atomic E-state index is 13.4. The molecule has 0 radical (unpaired) electrons. The molecule has 2 aromatic heterocycles. The van der Waals surface area contributed by atoms with Crippen LogP contribution < -0.4 is 10.6 Å². The van der Waals surface area contributed by atoms with E-state index in [4.69, 9.17) is 0 Å². The van der Waals surface area contributed by atoms with E-state index in [1.807, 2.05) is 24.3 Å². The number of aryl methyl sites for hydroxylation is 1. The smallest absolute Gasteiger partial charge is 0.251 e. The normalized spacial score (nSPS) is 10.8. The Balaban J connectivity index is 1.50. The van der Waals surface area contributed by atoms with Crippen LogP contribution in [-0.2, 0) is 11.3 Å². The van der Waals surface area contributed by atoms with Gasteiger partial charge in [-0.1, -0.05) is 45.1 Å². The van der Waals surface area contributed by atoms with E-state index in [0.29, 0.717) is 16.1 Å². The molecule has 9 nitrogen and oxygen atoms in total. The second-order valence-electron chi connectivity index (χ2n) is 6.87. The van der Waals surface area contributed by atoms with Crippen LogP contribution in [0.3, 0.4) is 0 Å². The number of amides is 2. The first-order chi connectivity index (χ1) is 16.4. The minimum Gasteiger partial charge on any atom is -0.345 e. The number of hydrogen-bond donors (Lipinski definition) is 2. The molecular formula is C21H17BrFN7O2S2. The van der Waals surface area contributed by atoms with Crippen LogP contribution >= 0.6 is 39.0 Å².